The Morgan fingerprint density at radius 3 is 2.90 bits per heavy atom. The fourth-order valence-electron chi connectivity index (χ4n) is 2.78. The molecule has 4 heteroatoms. The molecule has 3 rings (SSSR count). The second-order valence-electron chi connectivity index (χ2n) is 5.03. The van der Waals surface area contributed by atoms with Gasteiger partial charge in [0.15, 0.2) is 4.67 Å². The van der Waals surface area contributed by atoms with Crippen LogP contribution in [0.25, 0.3) is 0 Å². The van der Waals surface area contributed by atoms with E-state index in [9.17, 15) is 0 Å². The number of ether oxygens (including phenoxy) is 1. The van der Waals surface area contributed by atoms with Crippen molar-refractivity contribution in [3.63, 3.8) is 0 Å². The van der Waals surface area contributed by atoms with Crippen molar-refractivity contribution in [1.29, 1.82) is 0 Å². The first-order chi connectivity index (χ1) is 9.78. The smallest absolute Gasteiger partial charge is 0.169 e. The zero-order chi connectivity index (χ0) is 13.9. The van der Waals surface area contributed by atoms with Crippen LogP contribution in [0.2, 0.25) is 0 Å². The highest BCUT2D eigenvalue weighted by Gasteiger charge is 2.25. The normalized spacial score (nSPS) is 19.6. The highest BCUT2D eigenvalue weighted by molar-refractivity contribution is 9.10. The molecular formula is C16H18BrNO2. The molecule has 2 atom stereocenters. The first-order valence-electron chi connectivity index (χ1n) is 6.90. The van der Waals surface area contributed by atoms with E-state index in [4.69, 9.17) is 9.15 Å². The van der Waals surface area contributed by atoms with Crippen LogP contribution in [-0.4, -0.2) is 13.7 Å². The molecule has 0 fully saturated rings. The van der Waals surface area contributed by atoms with E-state index in [0.29, 0.717) is 0 Å². The fourth-order valence-corrected chi connectivity index (χ4v) is 3.10. The minimum Gasteiger partial charge on any atom is -0.453 e. The van der Waals surface area contributed by atoms with Gasteiger partial charge in [0, 0.05) is 6.42 Å². The highest BCUT2D eigenvalue weighted by Crippen LogP contribution is 2.35. The van der Waals surface area contributed by atoms with Crippen LogP contribution in [0.4, 0.5) is 0 Å². The van der Waals surface area contributed by atoms with Gasteiger partial charge in [0.25, 0.3) is 0 Å². The summed E-state index contributed by atoms with van der Waals surface area (Å²) in [5, 5.41) is 3.32. The van der Waals surface area contributed by atoms with Crippen molar-refractivity contribution in [2.45, 2.75) is 25.0 Å². The first-order valence-corrected chi connectivity index (χ1v) is 7.69. The van der Waals surface area contributed by atoms with Gasteiger partial charge in [-0.3, -0.25) is 0 Å². The molecule has 0 saturated carbocycles. The molecule has 1 aliphatic heterocycles. The molecule has 1 aliphatic rings. The Bertz CT molecular complexity index is 581. The van der Waals surface area contributed by atoms with Crippen LogP contribution in [0.5, 0.6) is 0 Å². The van der Waals surface area contributed by atoms with Crippen LogP contribution >= 0.6 is 15.9 Å². The van der Waals surface area contributed by atoms with Crippen molar-refractivity contribution in [2.75, 3.05) is 13.7 Å². The fraction of sp³-hybridized carbons (Fsp3) is 0.375. The summed E-state index contributed by atoms with van der Waals surface area (Å²) in [7, 11) is 1.95. The summed E-state index contributed by atoms with van der Waals surface area (Å²) in [6.07, 6.45) is 2.00. The van der Waals surface area contributed by atoms with Crippen molar-refractivity contribution < 1.29 is 9.15 Å². The molecule has 2 unspecified atom stereocenters. The van der Waals surface area contributed by atoms with Gasteiger partial charge in [0.1, 0.15) is 5.76 Å². The Morgan fingerprint density at radius 2 is 2.15 bits per heavy atom. The third kappa shape index (κ3) is 2.82. The van der Waals surface area contributed by atoms with E-state index >= 15 is 0 Å². The van der Waals surface area contributed by atoms with Gasteiger partial charge < -0.3 is 14.5 Å². The van der Waals surface area contributed by atoms with E-state index in [1.54, 1.807) is 0 Å². The summed E-state index contributed by atoms with van der Waals surface area (Å²) in [6.45, 7) is 0.792. The zero-order valence-electron chi connectivity index (χ0n) is 11.4. The van der Waals surface area contributed by atoms with Crippen molar-refractivity contribution in [3.8, 4) is 0 Å². The van der Waals surface area contributed by atoms with Gasteiger partial charge in [-0.1, -0.05) is 24.3 Å². The Kier molecular flexibility index (Phi) is 4.24. The molecule has 0 saturated heterocycles. The lowest BCUT2D eigenvalue weighted by atomic mass is 9.93. The van der Waals surface area contributed by atoms with Crippen LogP contribution in [0.1, 0.15) is 35.5 Å². The molecule has 0 amide bonds. The predicted molar refractivity (Wildman–Crippen MR) is 81.7 cm³/mol. The topological polar surface area (TPSA) is 34.4 Å². The molecule has 106 valence electrons. The molecule has 0 spiro atoms. The Morgan fingerprint density at radius 1 is 1.30 bits per heavy atom. The molecule has 0 bridgehead atoms. The average molecular weight is 336 g/mol. The molecule has 1 aromatic carbocycles. The molecule has 20 heavy (non-hydrogen) atoms. The minimum atomic E-state index is 0.126. The van der Waals surface area contributed by atoms with Gasteiger partial charge in [-0.15, -0.1) is 0 Å². The third-order valence-corrected chi connectivity index (χ3v) is 4.25. The molecule has 1 aromatic heterocycles. The molecule has 2 heterocycles. The van der Waals surface area contributed by atoms with Crippen LogP contribution < -0.4 is 5.32 Å². The summed E-state index contributed by atoms with van der Waals surface area (Å²) in [5.74, 6) is 0.936. The van der Waals surface area contributed by atoms with Gasteiger partial charge in [0.2, 0.25) is 0 Å². The number of nitrogens with one attached hydrogen (secondary N) is 1. The van der Waals surface area contributed by atoms with Crippen LogP contribution in [0.15, 0.2) is 45.5 Å². The highest BCUT2D eigenvalue weighted by atomic mass is 79.9. The Hall–Kier alpha value is -1.10. The quantitative estimate of drug-likeness (QED) is 0.916. The van der Waals surface area contributed by atoms with Gasteiger partial charge >= 0.3 is 0 Å². The van der Waals surface area contributed by atoms with Gasteiger partial charge in [-0.25, -0.2) is 0 Å². The third-order valence-electron chi connectivity index (χ3n) is 3.83. The van der Waals surface area contributed by atoms with Gasteiger partial charge in [-0.05, 0) is 52.7 Å². The summed E-state index contributed by atoms with van der Waals surface area (Å²) >= 11 is 3.35. The monoisotopic (exact) mass is 335 g/mol. The second-order valence-corrected chi connectivity index (χ2v) is 5.81. The molecule has 3 nitrogen and oxygen atoms in total. The number of halogens is 1. The van der Waals surface area contributed by atoms with Gasteiger partial charge in [0.05, 0.1) is 18.8 Å². The van der Waals surface area contributed by atoms with Crippen LogP contribution in [0, 0.1) is 0 Å². The van der Waals surface area contributed by atoms with Crippen molar-refractivity contribution in [3.05, 3.63) is 58.0 Å². The summed E-state index contributed by atoms with van der Waals surface area (Å²) in [5.41, 5.74) is 2.71. The molecule has 1 N–H and O–H groups in total. The lowest BCUT2D eigenvalue weighted by Crippen LogP contribution is -2.23. The van der Waals surface area contributed by atoms with Crippen molar-refractivity contribution in [2.24, 2.45) is 0 Å². The van der Waals surface area contributed by atoms with Gasteiger partial charge in [-0.2, -0.15) is 0 Å². The number of hydrogen-bond acceptors (Lipinski definition) is 3. The predicted octanol–water partition coefficient (Wildman–Crippen LogP) is 4.01. The summed E-state index contributed by atoms with van der Waals surface area (Å²) in [4.78, 5) is 0. The minimum absolute atomic E-state index is 0.126. The van der Waals surface area contributed by atoms with E-state index in [1.807, 2.05) is 19.2 Å². The summed E-state index contributed by atoms with van der Waals surface area (Å²) < 4.78 is 12.4. The number of benzene rings is 1. The van der Waals surface area contributed by atoms with Crippen molar-refractivity contribution >= 4 is 15.9 Å². The number of hydrogen-bond donors (Lipinski definition) is 1. The molecular weight excluding hydrogens is 318 g/mol. The largest absolute Gasteiger partial charge is 0.453 e. The lowest BCUT2D eigenvalue weighted by Gasteiger charge is -2.28. The summed E-state index contributed by atoms with van der Waals surface area (Å²) in [6, 6.07) is 12.6. The van der Waals surface area contributed by atoms with E-state index in [1.165, 1.54) is 11.1 Å². The number of rotatable bonds is 4. The molecule has 0 radical (unpaired) electrons. The van der Waals surface area contributed by atoms with E-state index < -0.39 is 0 Å². The first kappa shape index (κ1) is 13.9. The molecule has 0 aliphatic carbocycles. The SMILES string of the molecule is CNC(CC1OCCc2ccccc21)c1ccc(Br)o1. The maximum atomic E-state index is 5.97. The van der Waals surface area contributed by atoms with E-state index in [0.717, 1.165) is 29.9 Å². The second kappa shape index (κ2) is 6.12. The van der Waals surface area contributed by atoms with Crippen molar-refractivity contribution in [1.82, 2.24) is 5.32 Å². The average Bonchev–Trinajstić information content (AvgIpc) is 2.91. The Labute approximate surface area is 127 Å². The number of fused-ring (bicyclic) bond motifs is 1. The lowest BCUT2D eigenvalue weighted by molar-refractivity contribution is 0.0282. The number of furan rings is 1. The standard InChI is InChI=1S/C16H18BrNO2/c1-18-13(14-6-7-16(17)20-14)10-15-12-5-3-2-4-11(12)8-9-19-15/h2-7,13,15,18H,8-10H2,1H3. The Balaban J connectivity index is 1.80. The van der Waals surface area contributed by atoms with E-state index in [2.05, 4.69) is 45.5 Å². The maximum Gasteiger partial charge on any atom is 0.169 e. The van der Waals surface area contributed by atoms with E-state index in [-0.39, 0.29) is 12.1 Å². The van der Waals surface area contributed by atoms with Crippen LogP contribution in [-0.2, 0) is 11.2 Å². The molecule has 2 aromatic rings. The zero-order valence-corrected chi connectivity index (χ0v) is 13.0. The maximum absolute atomic E-state index is 5.97. The van der Waals surface area contributed by atoms with Crippen LogP contribution in [0.3, 0.4) is 0 Å².